The second kappa shape index (κ2) is 12.0. The Labute approximate surface area is 192 Å². The third-order valence-corrected chi connectivity index (χ3v) is 10.3. The largest absolute Gasteiger partial charge is 0.480 e. The molecule has 0 bridgehead atoms. The molecule has 0 spiro atoms. The van der Waals surface area contributed by atoms with Gasteiger partial charge in [-0.05, 0) is 29.6 Å². The van der Waals surface area contributed by atoms with Crippen molar-refractivity contribution in [3.8, 4) is 0 Å². The Morgan fingerprint density at radius 2 is 1.66 bits per heavy atom. The van der Waals surface area contributed by atoms with Crippen LogP contribution in [0.15, 0.2) is 30.3 Å². The number of aliphatic carboxylic acids is 1. The van der Waals surface area contributed by atoms with Gasteiger partial charge in [-0.25, -0.2) is 9.59 Å². The molecule has 0 saturated heterocycles. The number of alkyl carbamates (subject to hydrolysis) is 1. The quantitative estimate of drug-likeness (QED) is 0.426. The Bertz CT molecular complexity index is 762. The van der Waals surface area contributed by atoms with Crippen LogP contribution in [0.1, 0.15) is 46.6 Å². The molecular formula is C23H38N2O6Si. The maximum Gasteiger partial charge on any atom is 0.408 e. The average Bonchev–Trinajstić information content (AvgIpc) is 2.69. The number of carboxylic acids is 1. The van der Waals surface area contributed by atoms with Crippen LogP contribution in [0, 0.1) is 5.92 Å². The summed E-state index contributed by atoms with van der Waals surface area (Å²) in [5.41, 5.74) is 0.820. The Balaban J connectivity index is 2.66. The van der Waals surface area contributed by atoms with Gasteiger partial charge in [0.25, 0.3) is 0 Å². The van der Waals surface area contributed by atoms with E-state index in [2.05, 4.69) is 44.5 Å². The summed E-state index contributed by atoms with van der Waals surface area (Å²) in [6.45, 7) is 14.3. The van der Waals surface area contributed by atoms with E-state index in [4.69, 9.17) is 9.16 Å². The van der Waals surface area contributed by atoms with Gasteiger partial charge >= 0.3 is 12.1 Å². The molecule has 9 heteroatoms. The van der Waals surface area contributed by atoms with Gasteiger partial charge < -0.3 is 24.9 Å². The van der Waals surface area contributed by atoms with Crippen molar-refractivity contribution in [3.05, 3.63) is 35.9 Å². The molecule has 2 atom stereocenters. The third-order valence-electron chi connectivity index (χ3n) is 5.73. The van der Waals surface area contributed by atoms with E-state index in [-0.39, 0.29) is 30.6 Å². The summed E-state index contributed by atoms with van der Waals surface area (Å²) in [7, 11) is -2.02. The molecule has 0 aliphatic rings. The SMILES string of the molecule is CC(C)[C@H](NC(=O)OCc1ccccc1)C(=O)N[C@@H](CCO[Si](C)(C)C(C)(C)C)C(=O)O. The highest BCUT2D eigenvalue weighted by atomic mass is 28.4. The highest BCUT2D eigenvalue weighted by Gasteiger charge is 2.37. The number of rotatable bonds is 11. The molecule has 0 unspecified atom stereocenters. The molecule has 180 valence electrons. The summed E-state index contributed by atoms with van der Waals surface area (Å²) in [5, 5.41) is 14.6. The topological polar surface area (TPSA) is 114 Å². The summed E-state index contributed by atoms with van der Waals surface area (Å²) in [6, 6.07) is 7.13. The number of hydrogen-bond acceptors (Lipinski definition) is 5. The van der Waals surface area contributed by atoms with E-state index in [0.29, 0.717) is 0 Å². The first kappa shape index (κ1) is 27.6. The van der Waals surface area contributed by atoms with Crippen LogP contribution < -0.4 is 10.6 Å². The summed E-state index contributed by atoms with van der Waals surface area (Å²) >= 11 is 0. The van der Waals surface area contributed by atoms with Crippen molar-refractivity contribution in [2.75, 3.05) is 6.61 Å². The Kier molecular flexibility index (Phi) is 10.4. The van der Waals surface area contributed by atoms with E-state index in [9.17, 15) is 19.5 Å². The minimum atomic E-state index is -2.02. The Morgan fingerprint density at radius 1 is 1.06 bits per heavy atom. The summed E-state index contributed by atoms with van der Waals surface area (Å²) < 4.78 is 11.2. The van der Waals surface area contributed by atoms with Crippen LogP contribution in [0.3, 0.4) is 0 Å². The fourth-order valence-corrected chi connectivity index (χ4v) is 3.66. The van der Waals surface area contributed by atoms with Crippen molar-refractivity contribution >= 4 is 26.3 Å². The van der Waals surface area contributed by atoms with Crippen molar-refractivity contribution in [2.45, 2.75) is 77.9 Å². The predicted octanol–water partition coefficient (Wildman–Crippen LogP) is 3.92. The summed E-state index contributed by atoms with van der Waals surface area (Å²) in [4.78, 5) is 36.6. The van der Waals surface area contributed by atoms with Gasteiger partial charge in [0.05, 0.1) is 0 Å². The number of benzene rings is 1. The first-order chi connectivity index (χ1) is 14.7. The second-order valence-electron chi connectivity index (χ2n) is 9.72. The molecule has 0 aromatic heterocycles. The third kappa shape index (κ3) is 9.00. The molecule has 0 saturated carbocycles. The fourth-order valence-electron chi connectivity index (χ4n) is 2.59. The molecule has 8 nitrogen and oxygen atoms in total. The van der Waals surface area contributed by atoms with Gasteiger partial charge in [-0.1, -0.05) is 65.0 Å². The van der Waals surface area contributed by atoms with Crippen LogP contribution in [-0.2, 0) is 25.4 Å². The van der Waals surface area contributed by atoms with Gasteiger partial charge in [-0.15, -0.1) is 0 Å². The fraction of sp³-hybridized carbons (Fsp3) is 0.609. The molecule has 0 radical (unpaired) electrons. The average molecular weight is 467 g/mol. The van der Waals surface area contributed by atoms with Crippen LogP contribution in [0.25, 0.3) is 0 Å². The minimum Gasteiger partial charge on any atom is -0.480 e. The van der Waals surface area contributed by atoms with Crippen LogP contribution in [0.2, 0.25) is 18.1 Å². The van der Waals surface area contributed by atoms with E-state index < -0.39 is 38.4 Å². The maximum atomic E-state index is 12.8. The molecule has 1 aromatic carbocycles. The lowest BCUT2D eigenvalue weighted by Crippen LogP contribution is -2.54. The van der Waals surface area contributed by atoms with E-state index in [1.54, 1.807) is 13.8 Å². The van der Waals surface area contributed by atoms with Gasteiger partial charge in [0.2, 0.25) is 5.91 Å². The van der Waals surface area contributed by atoms with Crippen LogP contribution >= 0.6 is 0 Å². The zero-order valence-corrected chi connectivity index (χ0v) is 21.2. The van der Waals surface area contributed by atoms with Crippen LogP contribution in [-0.4, -0.2) is 50.1 Å². The number of amides is 2. The van der Waals surface area contributed by atoms with E-state index in [1.165, 1.54) is 0 Å². The molecule has 2 amide bonds. The first-order valence-electron chi connectivity index (χ1n) is 10.9. The monoisotopic (exact) mass is 466 g/mol. The number of nitrogens with one attached hydrogen (secondary N) is 2. The van der Waals surface area contributed by atoms with Gasteiger partial charge in [-0.3, -0.25) is 4.79 Å². The predicted molar refractivity (Wildman–Crippen MR) is 126 cm³/mol. The number of carbonyl (C=O) groups is 3. The number of ether oxygens (including phenoxy) is 1. The van der Waals surface area contributed by atoms with Crippen molar-refractivity contribution < 1.29 is 28.7 Å². The summed E-state index contributed by atoms with van der Waals surface area (Å²) in [6.07, 6.45) is -0.604. The molecule has 1 rings (SSSR count). The summed E-state index contributed by atoms with van der Waals surface area (Å²) in [5.74, 6) is -1.99. The lowest BCUT2D eigenvalue weighted by molar-refractivity contribution is -0.142. The van der Waals surface area contributed by atoms with Gasteiger partial charge in [-0.2, -0.15) is 0 Å². The second-order valence-corrected chi connectivity index (χ2v) is 14.5. The molecule has 0 heterocycles. The normalized spacial score (nSPS) is 13.9. The van der Waals surface area contributed by atoms with Gasteiger partial charge in [0.1, 0.15) is 18.7 Å². The molecule has 0 aliphatic heterocycles. The lowest BCUT2D eigenvalue weighted by Gasteiger charge is -2.36. The molecule has 0 aliphatic carbocycles. The van der Waals surface area contributed by atoms with Gasteiger partial charge in [0, 0.05) is 13.0 Å². The van der Waals surface area contributed by atoms with Crippen molar-refractivity contribution in [3.63, 3.8) is 0 Å². The highest BCUT2D eigenvalue weighted by Crippen LogP contribution is 2.36. The zero-order valence-electron chi connectivity index (χ0n) is 20.2. The maximum absolute atomic E-state index is 12.8. The number of hydrogen-bond donors (Lipinski definition) is 3. The van der Waals surface area contributed by atoms with Crippen molar-refractivity contribution in [2.24, 2.45) is 5.92 Å². The molecule has 1 aromatic rings. The molecule has 0 fully saturated rings. The number of carboxylic acid groups (broad SMARTS) is 1. The molecular weight excluding hydrogens is 428 g/mol. The van der Waals surface area contributed by atoms with Crippen molar-refractivity contribution in [1.82, 2.24) is 10.6 Å². The molecule has 3 N–H and O–H groups in total. The smallest absolute Gasteiger partial charge is 0.408 e. The Hall–Kier alpha value is -2.39. The number of carbonyl (C=O) groups excluding carboxylic acids is 2. The lowest BCUT2D eigenvalue weighted by atomic mass is 10.0. The van der Waals surface area contributed by atoms with E-state index in [1.807, 2.05) is 30.3 Å². The highest BCUT2D eigenvalue weighted by molar-refractivity contribution is 6.74. The standard InChI is InChI=1S/C23H38N2O6Si/c1-16(2)19(25-22(29)30-15-17-11-9-8-10-12-17)20(26)24-18(21(27)28)13-14-31-32(6,7)23(3,4)5/h8-12,16,18-19H,13-15H2,1-7H3,(H,24,26)(H,25,29)(H,27,28)/t18-,19-/m0/s1. The van der Waals surface area contributed by atoms with E-state index in [0.717, 1.165) is 5.56 Å². The zero-order chi connectivity index (χ0) is 24.5. The minimum absolute atomic E-state index is 0.00172. The van der Waals surface area contributed by atoms with Crippen LogP contribution in [0.5, 0.6) is 0 Å². The van der Waals surface area contributed by atoms with Gasteiger partial charge in [0.15, 0.2) is 8.32 Å². The van der Waals surface area contributed by atoms with E-state index >= 15 is 0 Å². The molecule has 32 heavy (non-hydrogen) atoms. The first-order valence-corrected chi connectivity index (χ1v) is 13.8. The van der Waals surface area contributed by atoms with Crippen molar-refractivity contribution in [1.29, 1.82) is 0 Å². The Morgan fingerprint density at radius 3 is 2.16 bits per heavy atom. The van der Waals surface area contributed by atoms with Crippen LogP contribution in [0.4, 0.5) is 4.79 Å².